The third-order valence-corrected chi connectivity index (χ3v) is 3.84. The van der Waals surface area contributed by atoms with Gasteiger partial charge in [-0.3, -0.25) is 9.88 Å². The van der Waals surface area contributed by atoms with Crippen molar-refractivity contribution in [2.24, 2.45) is 0 Å². The van der Waals surface area contributed by atoms with E-state index in [1.807, 2.05) is 6.20 Å². The van der Waals surface area contributed by atoms with Gasteiger partial charge < -0.3 is 14.5 Å². The molecule has 2 saturated heterocycles. The quantitative estimate of drug-likeness (QED) is 0.731. The molecule has 6 nitrogen and oxygen atoms in total. The standard InChI is InChI=1S/C12H17N5OS/c19-12-17(7-8-18-12)10-15-3-5-16(6-4-15)11-9-13-1-2-14-11/h1-2,9H,3-8,10H2. The summed E-state index contributed by atoms with van der Waals surface area (Å²) in [4.78, 5) is 15.2. The smallest absolute Gasteiger partial charge is 0.260 e. The molecule has 1 aromatic rings. The third-order valence-electron chi connectivity index (χ3n) is 3.46. The molecule has 2 aliphatic heterocycles. The highest BCUT2D eigenvalue weighted by Crippen LogP contribution is 2.12. The maximum atomic E-state index is 5.30. The third kappa shape index (κ3) is 2.93. The maximum absolute atomic E-state index is 5.30. The van der Waals surface area contributed by atoms with Crippen LogP contribution in [0.5, 0.6) is 0 Å². The number of hydrogen-bond acceptors (Lipinski definition) is 6. The molecule has 102 valence electrons. The minimum absolute atomic E-state index is 0.636. The monoisotopic (exact) mass is 279 g/mol. The van der Waals surface area contributed by atoms with Crippen LogP contribution in [0.1, 0.15) is 0 Å². The van der Waals surface area contributed by atoms with E-state index in [-0.39, 0.29) is 0 Å². The van der Waals surface area contributed by atoms with Gasteiger partial charge in [-0.05, 0) is 12.2 Å². The van der Waals surface area contributed by atoms with Gasteiger partial charge in [-0.15, -0.1) is 0 Å². The van der Waals surface area contributed by atoms with Gasteiger partial charge in [-0.1, -0.05) is 0 Å². The van der Waals surface area contributed by atoms with Crippen molar-refractivity contribution in [3.8, 4) is 0 Å². The minimum Gasteiger partial charge on any atom is -0.469 e. The van der Waals surface area contributed by atoms with Gasteiger partial charge in [0.15, 0.2) is 0 Å². The lowest BCUT2D eigenvalue weighted by atomic mass is 10.3. The molecule has 0 saturated carbocycles. The van der Waals surface area contributed by atoms with Crippen LogP contribution in [0.4, 0.5) is 5.82 Å². The van der Waals surface area contributed by atoms with E-state index < -0.39 is 0 Å². The lowest BCUT2D eigenvalue weighted by Crippen LogP contribution is -2.50. The normalized spacial score (nSPS) is 20.7. The van der Waals surface area contributed by atoms with Gasteiger partial charge in [-0.2, -0.15) is 0 Å². The fourth-order valence-corrected chi connectivity index (χ4v) is 2.60. The number of rotatable bonds is 3. The lowest BCUT2D eigenvalue weighted by Gasteiger charge is -2.36. The highest BCUT2D eigenvalue weighted by atomic mass is 32.1. The Morgan fingerprint density at radius 3 is 2.63 bits per heavy atom. The van der Waals surface area contributed by atoms with Gasteiger partial charge in [0.05, 0.1) is 19.4 Å². The van der Waals surface area contributed by atoms with E-state index >= 15 is 0 Å². The molecule has 0 bridgehead atoms. The van der Waals surface area contributed by atoms with Crippen LogP contribution >= 0.6 is 12.2 Å². The maximum Gasteiger partial charge on any atom is 0.260 e. The Morgan fingerprint density at radius 2 is 2.00 bits per heavy atom. The molecule has 3 heterocycles. The summed E-state index contributed by atoms with van der Waals surface area (Å²) in [6, 6.07) is 0. The summed E-state index contributed by atoms with van der Waals surface area (Å²) in [5.41, 5.74) is 0. The van der Waals surface area contributed by atoms with Crippen molar-refractivity contribution in [1.82, 2.24) is 19.8 Å². The Labute approximate surface area is 118 Å². The predicted octanol–water partition coefficient (Wildman–Crippen LogP) is 0.173. The van der Waals surface area contributed by atoms with Gasteiger partial charge in [0.25, 0.3) is 5.17 Å². The zero-order valence-corrected chi connectivity index (χ0v) is 11.6. The zero-order valence-electron chi connectivity index (χ0n) is 10.7. The molecular weight excluding hydrogens is 262 g/mol. The van der Waals surface area contributed by atoms with Crippen molar-refractivity contribution in [3.63, 3.8) is 0 Å². The summed E-state index contributed by atoms with van der Waals surface area (Å²) in [5.74, 6) is 0.960. The summed E-state index contributed by atoms with van der Waals surface area (Å²) >= 11 is 5.16. The molecule has 2 aliphatic rings. The van der Waals surface area contributed by atoms with Crippen LogP contribution in [0.2, 0.25) is 0 Å². The second kappa shape index (κ2) is 5.66. The number of aromatic nitrogens is 2. The fraction of sp³-hybridized carbons (Fsp3) is 0.583. The molecule has 0 unspecified atom stereocenters. The first-order valence-electron chi connectivity index (χ1n) is 6.48. The summed E-state index contributed by atoms with van der Waals surface area (Å²) in [6.45, 7) is 6.46. The van der Waals surface area contributed by atoms with E-state index in [2.05, 4.69) is 24.7 Å². The van der Waals surface area contributed by atoms with Crippen LogP contribution in [0.25, 0.3) is 0 Å². The zero-order chi connectivity index (χ0) is 13.1. The van der Waals surface area contributed by atoms with Crippen LogP contribution in [0, 0.1) is 0 Å². The van der Waals surface area contributed by atoms with Crippen LogP contribution in [-0.2, 0) is 4.74 Å². The first-order chi connectivity index (χ1) is 9.33. The number of ether oxygens (including phenoxy) is 1. The van der Waals surface area contributed by atoms with Gasteiger partial charge in [-0.25, -0.2) is 4.98 Å². The van der Waals surface area contributed by atoms with Crippen LogP contribution in [-0.4, -0.2) is 70.9 Å². The van der Waals surface area contributed by atoms with Crippen LogP contribution < -0.4 is 4.90 Å². The first-order valence-corrected chi connectivity index (χ1v) is 6.89. The summed E-state index contributed by atoms with van der Waals surface area (Å²) in [6.07, 6.45) is 5.26. The number of anilines is 1. The van der Waals surface area contributed by atoms with E-state index in [0.29, 0.717) is 5.17 Å². The van der Waals surface area contributed by atoms with Crippen molar-refractivity contribution < 1.29 is 4.74 Å². The van der Waals surface area contributed by atoms with Crippen molar-refractivity contribution in [2.75, 3.05) is 50.9 Å². The van der Waals surface area contributed by atoms with E-state index in [9.17, 15) is 0 Å². The fourth-order valence-electron chi connectivity index (χ4n) is 2.37. The molecule has 2 fully saturated rings. The molecule has 0 radical (unpaired) electrons. The Morgan fingerprint density at radius 1 is 1.16 bits per heavy atom. The van der Waals surface area contributed by atoms with Crippen molar-refractivity contribution in [3.05, 3.63) is 18.6 Å². The number of thiocarbonyl (C=S) groups is 1. The van der Waals surface area contributed by atoms with E-state index in [1.165, 1.54) is 0 Å². The van der Waals surface area contributed by atoms with Gasteiger partial charge in [0.1, 0.15) is 12.4 Å². The molecular formula is C12H17N5OS. The molecule has 0 atom stereocenters. The second-order valence-electron chi connectivity index (χ2n) is 4.69. The minimum atomic E-state index is 0.636. The van der Waals surface area contributed by atoms with E-state index in [4.69, 9.17) is 17.0 Å². The molecule has 7 heteroatoms. The molecule has 1 aromatic heterocycles. The van der Waals surface area contributed by atoms with E-state index in [0.717, 1.165) is 51.8 Å². The Kier molecular flexibility index (Phi) is 3.74. The average molecular weight is 279 g/mol. The molecule has 0 N–H and O–H groups in total. The topological polar surface area (TPSA) is 44.7 Å². The highest BCUT2D eigenvalue weighted by Gasteiger charge is 2.23. The largest absolute Gasteiger partial charge is 0.469 e. The summed E-state index contributed by atoms with van der Waals surface area (Å²) in [7, 11) is 0. The lowest BCUT2D eigenvalue weighted by molar-refractivity contribution is 0.186. The molecule has 19 heavy (non-hydrogen) atoms. The molecule has 0 amide bonds. The van der Waals surface area contributed by atoms with Crippen molar-refractivity contribution in [2.45, 2.75) is 0 Å². The Bertz CT molecular complexity index is 435. The summed E-state index contributed by atoms with van der Waals surface area (Å²) in [5, 5.41) is 0.636. The van der Waals surface area contributed by atoms with Crippen LogP contribution in [0.15, 0.2) is 18.6 Å². The summed E-state index contributed by atoms with van der Waals surface area (Å²) < 4.78 is 5.30. The van der Waals surface area contributed by atoms with Gasteiger partial charge in [0.2, 0.25) is 0 Å². The van der Waals surface area contributed by atoms with Crippen LogP contribution in [0.3, 0.4) is 0 Å². The predicted molar refractivity (Wildman–Crippen MR) is 75.9 cm³/mol. The Balaban J connectivity index is 1.51. The van der Waals surface area contributed by atoms with Gasteiger partial charge >= 0.3 is 0 Å². The SMILES string of the molecule is S=C1OCCN1CN1CCN(c2cnccn2)CC1. The number of nitrogens with zero attached hydrogens (tertiary/aromatic N) is 5. The molecule has 3 rings (SSSR count). The second-order valence-corrected chi connectivity index (χ2v) is 5.04. The van der Waals surface area contributed by atoms with Gasteiger partial charge in [0, 0.05) is 38.6 Å². The first kappa shape index (κ1) is 12.6. The van der Waals surface area contributed by atoms with E-state index in [1.54, 1.807) is 12.4 Å². The molecule has 0 spiro atoms. The number of piperazine rings is 1. The average Bonchev–Trinajstić information content (AvgIpc) is 2.86. The number of hydrogen-bond donors (Lipinski definition) is 0. The highest BCUT2D eigenvalue weighted by molar-refractivity contribution is 7.80. The molecule has 0 aliphatic carbocycles. The molecule has 0 aromatic carbocycles. The van der Waals surface area contributed by atoms with Crippen molar-refractivity contribution >= 4 is 23.2 Å². The van der Waals surface area contributed by atoms with Crippen molar-refractivity contribution in [1.29, 1.82) is 0 Å². The Hall–Kier alpha value is -1.47.